The molecule has 2 aromatic carbocycles. The van der Waals surface area contributed by atoms with Crippen LogP contribution in [0.4, 0.5) is 18.9 Å². The summed E-state index contributed by atoms with van der Waals surface area (Å²) in [4.78, 5) is 1.96. The molecular weight excluding hydrogens is 279 g/mol. The number of phenolic OH excluding ortho intramolecular Hbond substituents is 1. The van der Waals surface area contributed by atoms with Crippen molar-refractivity contribution in [2.75, 3.05) is 11.4 Å². The van der Waals surface area contributed by atoms with Gasteiger partial charge in [0, 0.05) is 18.8 Å². The summed E-state index contributed by atoms with van der Waals surface area (Å²) in [6.45, 7) is 2.97. The van der Waals surface area contributed by atoms with Gasteiger partial charge in [-0.25, -0.2) is 0 Å². The number of benzene rings is 2. The molecule has 2 nitrogen and oxygen atoms in total. The Morgan fingerprint density at radius 2 is 1.71 bits per heavy atom. The van der Waals surface area contributed by atoms with Crippen molar-refractivity contribution in [2.24, 2.45) is 0 Å². The van der Waals surface area contributed by atoms with E-state index in [4.69, 9.17) is 0 Å². The lowest BCUT2D eigenvalue weighted by atomic mass is 10.1. The van der Waals surface area contributed by atoms with Crippen LogP contribution in [-0.4, -0.2) is 11.7 Å². The van der Waals surface area contributed by atoms with Crippen molar-refractivity contribution < 1.29 is 18.3 Å². The first kappa shape index (κ1) is 15.2. The maximum atomic E-state index is 12.8. The minimum Gasteiger partial charge on any atom is -0.507 e. The number of aromatic hydroxyl groups is 1. The number of para-hydroxylation sites is 1. The number of hydrogen-bond acceptors (Lipinski definition) is 2. The summed E-state index contributed by atoms with van der Waals surface area (Å²) in [7, 11) is 0. The minimum absolute atomic E-state index is 0.351. The Balaban J connectivity index is 2.27. The standard InChI is InChI=1S/C16H16F3NO/c1-2-20(13-6-4-3-5-7-13)11-12-8-9-15(21)14(10-12)16(17,18)19/h3-10,21H,2,11H2,1H3. The van der Waals surface area contributed by atoms with Gasteiger partial charge < -0.3 is 10.0 Å². The van der Waals surface area contributed by atoms with E-state index < -0.39 is 17.5 Å². The molecular formula is C16H16F3NO. The van der Waals surface area contributed by atoms with Crippen LogP contribution in [0.25, 0.3) is 0 Å². The van der Waals surface area contributed by atoms with Crippen LogP contribution in [0.15, 0.2) is 48.5 Å². The van der Waals surface area contributed by atoms with Gasteiger partial charge in [-0.3, -0.25) is 0 Å². The number of rotatable bonds is 4. The van der Waals surface area contributed by atoms with Gasteiger partial charge in [-0.2, -0.15) is 13.2 Å². The third-order valence-electron chi connectivity index (χ3n) is 3.24. The highest BCUT2D eigenvalue weighted by Crippen LogP contribution is 2.36. The van der Waals surface area contributed by atoms with Gasteiger partial charge in [0.15, 0.2) is 0 Å². The largest absolute Gasteiger partial charge is 0.507 e. The summed E-state index contributed by atoms with van der Waals surface area (Å²) in [5, 5.41) is 9.35. The van der Waals surface area contributed by atoms with Crippen molar-refractivity contribution in [3.8, 4) is 5.75 Å². The molecule has 0 atom stereocenters. The molecule has 0 aromatic heterocycles. The highest BCUT2D eigenvalue weighted by molar-refractivity contribution is 5.47. The van der Waals surface area contributed by atoms with Gasteiger partial charge in [-0.15, -0.1) is 0 Å². The number of anilines is 1. The fourth-order valence-electron chi connectivity index (χ4n) is 2.15. The minimum atomic E-state index is -4.55. The normalized spacial score (nSPS) is 11.4. The smallest absolute Gasteiger partial charge is 0.419 e. The van der Waals surface area contributed by atoms with Crippen molar-refractivity contribution in [1.29, 1.82) is 0 Å². The quantitative estimate of drug-likeness (QED) is 0.901. The zero-order chi connectivity index (χ0) is 15.5. The average Bonchev–Trinajstić information content (AvgIpc) is 2.46. The maximum Gasteiger partial charge on any atom is 0.419 e. The molecule has 0 aliphatic heterocycles. The van der Waals surface area contributed by atoms with Crippen molar-refractivity contribution in [2.45, 2.75) is 19.6 Å². The summed E-state index contributed by atoms with van der Waals surface area (Å²) >= 11 is 0. The first-order chi connectivity index (χ1) is 9.91. The van der Waals surface area contributed by atoms with Gasteiger partial charge in [-0.05, 0) is 36.8 Å². The van der Waals surface area contributed by atoms with Crippen LogP contribution in [0.1, 0.15) is 18.1 Å². The summed E-state index contributed by atoms with van der Waals surface area (Å²) < 4.78 is 38.4. The zero-order valence-electron chi connectivity index (χ0n) is 11.6. The molecule has 2 aromatic rings. The molecule has 0 fully saturated rings. The molecule has 0 aliphatic carbocycles. The van der Waals surface area contributed by atoms with Gasteiger partial charge in [-0.1, -0.05) is 24.3 Å². The van der Waals surface area contributed by atoms with Crippen LogP contribution in [0.5, 0.6) is 5.75 Å². The molecule has 0 amide bonds. The van der Waals surface area contributed by atoms with Crippen LogP contribution >= 0.6 is 0 Å². The summed E-state index contributed by atoms with van der Waals surface area (Å²) in [5.74, 6) is -0.742. The Morgan fingerprint density at radius 3 is 2.29 bits per heavy atom. The fraction of sp³-hybridized carbons (Fsp3) is 0.250. The predicted octanol–water partition coefficient (Wildman–Crippen LogP) is 4.44. The van der Waals surface area contributed by atoms with Gasteiger partial charge in [0.2, 0.25) is 0 Å². The molecule has 0 unspecified atom stereocenters. The van der Waals surface area contributed by atoms with E-state index in [1.54, 1.807) is 0 Å². The highest BCUT2D eigenvalue weighted by atomic mass is 19.4. The molecule has 0 saturated carbocycles. The van der Waals surface area contributed by atoms with Crippen molar-refractivity contribution >= 4 is 5.69 Å². The zero-order valence-corrected chi connectivity index (χ0v) is 11.6. The van der Waals surface area contributed by atoms with Crippen LogP contribution < -0.4 is 4.90 Å². The molecule has 0 heterocycles. The van der Waals surface area contributed by atoms with E-state index in [1.165, 1.54) is 6.07 Å². The molecule has 21 heavy (non-hydrogen) atoms. The second-order valence-corrected chi connectivity index (χ2v) is 4.70. The Bertz CT molecular complexity index is 596. The summed E-state index contributed by atoms with van der Waals surface area (Å²) in [6, 6.07) is 13.1. The molecule has 0 aliphatic rings. The molecule has 2 rings (SSSR count). The van der Waals surface area contributed by atoms with Gasteiger partial charge >= 0.3 is 6.18 Å². The van der Waals surface area contributed by atoms with Crippen LogP contribution in [0.2, 0.25) is 0 Å². The van der Waals surface area contributed by atoms with E-state index in [9.17, 15) is 18.3 Å². The Hall–Kier alpha value is -2.17. The lowest BCUT2D eigenvalue weighted by Crippen LogP contribution is -2.22. The van der Waals surface area contributed by atoms with Crippen molar-refractivity contribution in [3.05, 3.63) is 59.7 Å². The second-order valence-electron chi connectivity index (χ2n) is 4.70. The van der Waals surface area contributed by atoms with Gasteiger partial charge in [0.25, 0.3) is 0 Å². The number of halogens is 3. The fourth-order valence-corrected chi connectivity index (χ4v) is 2.15. The Morgan fingerprint density at radius 1 is 1.05 bits per heavy atom. The Labute approximate surface area is 121 Å². The SMILES string of the molecule is CCN(Cc1ccc(O)c(C(F)(F)F)c1)c1ccccc1. The number of hydrogen-bond donors (Lipinski definition) is 1. The van der Waals surface area contributed by atoms with Gasteiger partial charge in [0.1, 0.15) is 5.75 Å². The molecule has 0 saturated heterocycles. The molecule has 0 bridgehead atoms. The Kier molecular flexibility index (Phi) is 4.40. The van der Waals surface area contributed by atoms with Crippen LogP contribution in [0.3, 0.4) is 0 Å². The van der Waals surface area contributed by atoms with Crippen LogP contribution in [-0.2, 0) is 12.7 Å². The summed E-state index contributed by atoms with van der Waals surface area (Å²) in [6.07, 6.45) is -4.55. The van der Waals surface area contributed by atoms with E-state index in [2.05, 4.69) is 0 Å². The average molecular weight is 295 g/mol. The van der Waals surface area contributed by atoms with E-state index in [0.717, 1.165) is 17.8 Å². The molecule has 0 spiro atoms. The van der Waals surface area contributed by atoms with E-state index in [1.807, 2.05) is 42.2 Å². The molecule has 1 N–H and O–H groups in total. The molecule has 5 heteroatoms. The van der Waals surface area contributed by atoms with Crippen molar-refractivity contribution in [1.82, 2.24) is 0 Å². The predicted molar refractivity (Wildman–Crippen MR) is 76.3 cm³/mol. The van der Waals surface area contributed by atoms with Crippen LogP contribution in [0, 0.1) is 0 Å². The third-order valence-corrected chi connectivity index (χ3v) is 3.24. The monoisotopic (exact) mass is 295 g/mol. The lowest BCUT2D eigenvalue weighted by molar-refractivity contribution is -0.138. The van der Waals surface area contributed by atoms with Crippen molar-refractivity contribution in [3.63, 3.8) is 0 Å². The number of alkyl halides is 3. The topological polar surface area (TPSA) is 23.5 Å². The summed E-state index contributed by atoms with van der Waals surface area (Å²) in [5.41, 5.74) is 0.455. The first-order valence-corrected chi connectivity index (χ1v) is 6.61. The van der Waals surface area contributed by atoms with E-state index >= 15 is 0 Å². The third kappa shape index (κ3) is 3.68. The lowest BCUT2D eigenvalue weighted by Gasteiger charge is -2.23. The molecule has 0 radical (unpaired) electrons. The first-order valence-electron chi connectivity index (χ1n) is 6.61. The number of nitrogens with zero attached hydrogens (tertiary/aromatic N) is 1. The maximum absolute atomic E-state index is 12.8. The van der Waals surface area contributed by atoms with E-state index in [0.29, 0.717) is 18.7 Å². The molecule has 112 valence electrons. The second kappa shape index (κ2) is 6.08. The highest BCUT2D eigenvalue weighted by Gasteiger charge is 2.34. The van der Waals surface area contributed by atoms with Gasteiger partial charge in [0.05, 0.1) is 5.56 Å². The number of phenols is 1. The van der Waals surface area contributed by atoms with E-state index in [-0.39, 0.29) is 0 Å².